The second-order valence-electron chi connectivity index (χ2n) is 10.8. The van der Waals surface area contributed by atoms with Gasteiger partial charge in [0, 0.05) is 12.6 Å². The first-order valence-electron chi connectivity index (χ1n) is 10.5. The van der Waals surface area contributed by atoms with Crippen LogP contribution in [0.15, 0.2) is 0 Å². The molecular weight excluding hydrogens is 386 g/mol. The Labute approximate surface area is 176 Å². The number of hydrogen-bond donors (Lipinski definition) is 1. The largest absolute Gasteiger partial charge is 0.444 e. The van der Waals surface area contributed by atoms with Gasteiger partial charge in [-0.05, 0) is 64.1 Å². The number of alkyl carbamates (subject to hydrolysis) is 1. The predicted molar refractivity (Wildman–Crippen MR) is 114 cm³/mol. The molecule has 4 atom stereocenters. The lowest BCUT2D eigenvalue weighted by Gasteiger charge is -2.36. The topological polar surface area (TPSA) is 91.7 Å². The van der Waals surface area contributed by atoms with E-state index in [9.17, 15) is 14.9 Å². The zero-order valence-corrected chi connectivity index (χ0v) is 20.2. The Bertz CT molecular complexity index is 675. The second kappa shape index (κ2) is 8.27. The fourth-order valence-electron chi connectivity index (χ4n) is 3.42. The molecule has 0 bridgehead atoms. The van der Waals surface area contributed by atoms with E-state index < -0.39 is 32.1 Å². The first-order chi connectivity index (χ1) is 13.2. The summed E-state index contributed by atoms with van der Waals surface area (Å²) in [6, 6.07) is 1.21. The van der Waals surface area contributed by atoms with Gasteiger partial charge in [0.1, 0.15) is 17.7 Å². The molecule has 0 radical (unpaired) electrons. The highest BCUT2D eigenvalue weighted by atomic mass is 28.4. The Kier molecular flexibility index (Phi) is 6.75. The number of hydrogen-bond acceptors (Lipinski definition) is 5. The summed E-state index contributed by atoms with van der Waals surface area (Å²) in [6.07, 6.45) is 1.41. The van der Waals surface area contributed by atoms with Crippen LogP contribution in [0, 0.1) is 17.2 Å². The van der Waals surface area contributed by atoms with Gasteiger partial charge in [-0.3, -0.25) is 4.79 Å². The maximum absolute atomic E-state index is 13.3. The minimum Gasteiger partial charge on any atom is -0.444 e. The van der Waals surface area contributed by atoms with E-state index in [-0.39, 0.29) is 17.0 Å². The molecule has 8 heteroatoms. The van der Waals surface area contributed by atoms with E-state index in [2.05, 4.69) is 45.3 Å². The van der Waals surface area contributed by atoms with Crippen molar-refractivity contribution in [1.82, 2.24) is 10.2 Å². The van der Waals surface area contributed by atoms with Crippen LogP contribution in [0.3, 0.4) is 0 Å². The van der Waals surface area contributed by atoms with E-state index in [0.29, 0.717) is 18.9 Å². The van der Waals surface area contributed by atoms with E-state index in [1.807, 2.05) is 0 Å². The Morgan fingerprint density at radius 3 is 2.34 bits per heavy atom. The molecule has 0 spiro atoms. The van der Waals surface area contributed by atoms with Crippen LogP contribution < -0.4 is 5.32 Å². The third-order valence-electron chi connectivity index (χ3n) is 6.17. The first-order valence-corrected chi connectivity index (χ1v) is 13.4. The van der Waals surface area contributed by atoms with E-state index in [4.69, 9.17) is 9.16 Å². The number of likely N-dealkylation sites (tertiary alicyclic amines) is 1. The van der Waals surface area contributed by atoms with Crippen LogP contribution in [0.2, 0.25) is 18.1 Å². The quantitative estimate of drug-likeness (QED) is 0.656. The Morgan fingerprint density at radius 1 is 1.21 bits per heavy atom. The highest BCUT2D eigenvalue weighted by molar-refractivity contribution is 6.74. The number of nitrogens with one attached hydrogen (secondary N) is 1. The monoisotopic (exact) mass is 423 g/mol. The molecule has 1 unspecified atom stereocenters. The van der Waals surface area contributed by atoms with Gasteiger partial charge < -0.3 is 19.4 Å². The van der Waals surface area contributed by atoms with E-state index in [0.717, 1.165) is 12.8 Å². The molecule has 164 valence electrons. The summed E-state index contributed by atoms with van der Waals surface area (Å²) < 4.78 is 11.6. The van der Waals surface area contributed by atoms with Gasteiger partial charge in [-0.15, -0.1) is 0 Å². The number of ether oxygens (including phenoxy) is 1. The molecule has 0 aromatic heterocycles. The molecular formula is C21H37N3O4Si. The fraction of sp³-hybridized carbons (Fsp3) is 0.857. The van der Waals surface area contributed by atoms with Gasteiger partial charge in [-0.2, -0.15) is 5.26 Å². The van der Waals surface area contributed by atoms with Gasteiger partial charge >= 0.3 is 6.09 Å². The highest BCUT2D eigenvalue weighted by Crippen LogP contribution is 2.48. The van der Waals surface area contributed by atoms with Crippen molar-refractivity contribution in [3.63, 3.8) is 0 Å². The lowest BCUT2D eigenvalue weighted by atomic mass is 10.1. The summed E-state index contributed by atoms with van der Waals surface area (Å²) in [4.78, 5) is 27.3. The van der Waals surface area contributed by atoms with Crippen molar-refractivity contribution in [2.75, 3.05) is 6.61 Å². The number of carbonyl (C=O) groups is 2. The summed E-state index contributed by atoms with van der Waals surface area (Å²) in [5, 5.41) is 12.2. The number of piperidine rings is 1. The van der Waals surface area contributed by atoms with Crippen molar-refractivity contribution in [1.29, 1.82) is 5.26 Å². The smallest absolute Gasteiger partial charge is 0.408 e. The van der Waals surface area contributed by atoms with Crippen LogP contribution in [0.1, 0.15) is 60.8 Å². The Morgan fingerprint density at radius 2 is 1.83 bits per heavy atom. The average Bonchev–Trinajstić information content (AvgIpc) is 3.20. The van der Waals surface area contributed by atoms with E-state index >= 15 is 0 Å². The molecule has 2 amide bonds. The lowest BCUT2D eigenvalue weighted by molar-refractivity contribution is -0.134. The number of nitriles is 1. The molecule has 2 aliphatic rings. The number of nitrogens with zero attached hydrogens (tertiary/aromatic N) is 2. The maximum atomic E-state index is 13.3. The number of rotatable bonds is 6. The van der Waals surface area contributed by atoms with Crippen molar-refractivity contribution in [2.24, 2.45) is 5.92 Å². The summed E-state index contributed by atoms with van der Waals surface area (Å²) in [5.74, 6) is 0.223. The number of carbonyl (C=O) groups excluding carboxylic acids is 2. The van der Waals surface area contributed by atoms with Gasteiger partial charge in [-0.25, -0.2) is 4.79 Å². The minimum atomic E-state index is -1.96. The van der Waals surface area contributed by atoms with Crippen LogP contribution in [0.5, 0.6) is 0 Å². The SMILES string of the molecule is CC(C)(C)OC(=O)N[C@@H](CCO[Si](C)(C)C(C)(C)C)C(=O)N1C2C[C@@H]2C[C@H]1C#N. The molecule has 2 fully saturated rings. The summed E-state index contributed by atoms with van der Waals surface area (Å²) in [5.41, 5.74) is -0.653. The van der Waals surface area contributed by atoms with Crippen LogP contribution in [0.25, 0.3) is 0 Å². The van der Waals surface area contributed by atoms with Gasteiger partial charge in [0.05, 0.1) is 6.07 Å². The van der Waals surface area contributed by atoms with Crippen LogP contribution in [-0.4, -0.2) is 55.6 Å². The molecule has 1 aliphatic carbocycles. The third-order valence-corrected chi connectivity index (χ3v) is 10.7. The van der Waals surface area contributed by atoms with Crippen molar-refractivity contribution < 1.29 is 18.8 Å². The average molecular weight is 424 g/mol. The zero-order valence-electron chi connectivity index (χ0n) is 19.2. The summed E-state index contributed by atoms with van der Waals surface area (Å²) in [7, 11) is -1.96. The van der Waals surface area contributed by atoms with Crippen LogP contribution >= 0.6 is 0 Å². The summed E-state index contributed by atoms with van der Waals surface area (Å²) in [6.45, 7) is 16.5. The molecule has 0 aromatic carbocycles. The fourth-order valence-corrected chi connectivity index (χ4v) is 4.49. The molecule has 1 N–H and O–H groups in total. The second-order valence-corrected chi connectivity index (χ2v) is 15.6. The van der Waals surface area contributed by atoms with Crippen molar-refractivity contribution in [3.05, 3.63) is 0 Å². The Balaban J connectivity index is 2.08. The highest BCUT2D eigenvalue weighted by Gasteiger charge is 2.55. The maximum Gasteiger partial charge on any atom is 0.408 e. The minimum absolute atomic E-state index is 0.0627. The predicted octanol–water partition coefficient (Wildman–Crippen LogP) is 3.80. The van der Waals surface area contributed by atoms with Gasteiger partial charge in [0.15, 0.2) is 8.32 Å². The zero-order chi connectivity index (χ0) is 22.2. The van der Waals surface area contributed by atoms with Gasteiger partial charge in [-0.1, -0.05) is 20.8 Å². The molecule has 2 rings (SSSR count). The normalized spacial score (nSPS) is 25.1. The van der Waals surface area contributed by atoms with E-state index in [1.54, 1.807) is 25.7 Å². The Hall–Kier alpha value is -1.59. The molecule has 1 saturated carbocycles. The lowest BCUT2D eigenvalue weighted by Crippen LogP contribution is -2.52. The number of amides is 2. The van der Waals surface area contributed by atoms with E-state index in [1.165, 1.54) is 0 Å². The standard InChI is InChI=1S/C21H37N3O4Si/c1-20(2,3)28-19(26)23-16(9-10-27-29(7,8)21(4,5)6)18(25)24-15(13-22)11-14-12-17(14)24/h14-17H,9-12H2,1-8H3,(H,23,26)/t14-,15-,16-,17?/m0/s1. The van der Waals surface area contributed by atoms with Crippen molar-refractivity contribution >= 4 is 20.3 Å². The molecule has 1 saturated heterocycles. The molecule has 1 heterocycles. The van der Waals surface area contributed by atoms with Crippen LogP contribution in [0.4, 0.5) is 4.79 Å². The number of fused-ring (bicyclic) bond motifs is 1. The third kappa shape index (κ3) is 5.95. The molecule has 0 aromatic rings. The van der Waals surface area contributed by atoms with Crippen LogP contribution in [-0.2, 0) is 14.0 Å². The first kappa shape index (κ1) is 23.7. The molecule has 7 nitrogen and oxygen atoms in total. The van der Waals surface area contributed by atoms with Gasteiger partial charge in [0.25, 0.3) is 0 Å². The van der Waals surface area contributed by atoms with Gasteiger partial charge in [0.2, 0.25) is 5.91 Å². The molecule has 29 heavy (non-hydrogen) atoms. The van der Waals surface area contributed by atoms with Crippen molar-refractivity contribution in [3.8, 4) is 6.07 Å². The summed E-state index contributed by atoms with van der Waals surface area (Å²) >= 11 is 0. The molecule has 1 aliphatic heterocycles. The van der Waals surface area contributed by atoms with Crippen molar-refractivity contribution in [2.45, 2.75) is 103 Å².